The molecule has 0 aliphatic carbocycles. The highest BCUT2D eigenvalue weighted by molar-refractivity contribution is 9.10. The fourth-order valence-corrected chi connectivity index (χ4v) is 1.87. The summed E-state index contributed by atoms with van der Waals surface area (Å²) in [6.45, 7) is 5.90. The van der Waals surface area contributed by atoms with Crippen molar-refractivity contribution in [3.63, 3.8) is 0 Å². The van der Waals surface area contributed by atoms with Gasteiger partial charge in [0.25, 0.3) is 5.91 Å². The topological polar surface area (TPSA) is 85.1 Å². The molecule has 1 aromatic heterocycles. The maximum atomic E-state index is 12.2. The number of rotatable bonds is 5. The van der Waals surface area contributed by atoms with Crippen LogP contribution in [-0.4, -0.2) is 21.4 Å². The molecular formula is C12H16BrN3O3. The summed E-state index contributed by atoms with van der Waals surface area (Å²) in [5.41, 5.74) is -0.107. The molecule has 1 aromatic rings. The highest BCUT2D eigenvalue weighted by Crippen LogP contribution is 2.22. The fourth-order valence-electron chi connectivity index (χ4n) is 1.47. The van der Waals surface area contributed by atoms with Crippen LogP contribution >= 0.6 is 15.9 Å². The predicted octanol–water partition coefficient (Wildman–Crippen LogP) is 3.06. The number of hydrogen-bond acceptors (Lipinski definition) is 4. The summed E-state index contributed by atoms with van der Waals surface area (Å²) < 4.78 is 0.435. The van der Waals surface area contributed by atoms with Crippen LogP contribution in [0.3, 0.4) is 0 Å². The number of nitrogens with one attached hydrogen (secondary N) is 1. The van der Waals surface area contributed by atoms with Crippen LogP contribution in [0.1, 0.15) is 44.0 Å². The second-order valence-corrected chi connectivity index (χ2v) is 5.36. The van der Waals surface area contributed by atoms with E-state index >= 15 is 0 Å². The number of carbonyl (C=O) groups is 1. The number of halogens is 1. The third-order valence-electron chi connectivity index (χ3n) is 3.25. The molecule has 1 N–H and O–H groups in total. The van der Waals surface area contributed by atoms with Gasteiger partial charge < -0.3 is 15.4 Å². The van der Waals surface area contributed by atoms with Gasteiger partial charge in [-0.2, -0.15) is 0 Å². The van der Waals surface area contributed by atoms with Crippen molar-refractivity contribution in [2.45, 2.75) is 39.2 Å². The van der Waals surface area contributed by atoms with Gasteiger partial charge in [-0.1, -0.05) is 13.8 Å². The smallest absolute Gasteiger partial charge is 0.358 e. The number of hydrogen-bond donors (Lipinski definition) is 1. The Morgan fingerprint density at radius 2 is 2.11 bits per heavy atom. The molecule has 104 valence electrons. The van der Waals surface area contributed by atoms with Gasteiger partial charge in [-0.25, -0.2) is 0 Å². The Labute approximate surface area is 119 Å². The van der Waals surface area contributed by atoms with Gasteiger partial charge in [0.2, 0.25) is 0 Å². The molecular weight excluding hydrogens is 314 g/mol. The van der Waals surface area contributed by atoms with Crippen molar-refractivity contribution in [1.82, 2.24) is 10.3 Å². The molecule has 19 heavy (non-hydrogen) atoms. The minimum absolute atomic E-state index is 0.217. The third kappa shape index (κ3) is 3.73. The minimum atomic E-state index is -0.623. The molecule has 1 heterocycles. The summed E-state index contributed by atoms with van der Waals surface area (Å²) in [6.07, 6.45) is 2.82. The monoisotopic (exact) mass is 329 g/mol. The zero-order valence-electron chi connectivity index (χ0n) is 11.1. The van der Waals surface area contributed by atoms with E-state index < -0.39 is 4.92 Å². The largest absolute Gasteiger partial charge is 0.364 e. The molecule has 0 atom stereocenters. The first-order valence-electron chi connectivity index (χ1n) is 5.95. The lowest BCUT2D eigenvalue weighted by atomic mass is 9.95. The summed E-state index contributed by atoms with van der Waals surface area (Å²) in [5.74, 6) is -0.688. The molecule has 0 saturated carbocycles. The molecule has 0 fully saturated rings. The van der Waals surface area contributed by atoms with Gasteiger partial charge >= 0.3 is 5.82 Å². The molecule has 0 aromatic carbocycles. The Hall–Kier alpha value is -1.50. The van der Waals surface area contributed by atoms with Gasteiger partial charge in [-0.05, 0) is 45.6 Å². The van der Waals surface area contributed by atoms with Gasteiger partial charge in [0, 0.05) is 11.6 Å². The molecule has 6 nitrogen and oxygen atoms in total. The second kappa shape index (κ2) is 6.10. The van der Waals surface area contributed by atoms with Gasteiger partial charge in [0.15, 0.2) is 6.20 Å². The van der Waals surface area contributed by atoms with Crippen molar-refractivity contribution in [3.8, 4) is 0 Å². The van der Waals surface area contributed by atoms with Crippen LogP contribution in [0.4, 0.5) is 5.82 Å². The predicted molar refractivity (Wildman–Crippen MR) is 75.0 cm³/mol. The summed E-state index contributed by atoms with van der Waals surface area (Å²) >= 11 is 3.19. The van der Waals surface area contributed by atoms with Crippen LogP contribution in [0.2, 0.25) is 0 Å². The van der Waals surface area contributed by atoms with Crippen molar-refractivity contribution < 1.29 is 9.72 Å². The van der Waals surface area contributed by atoms with Crippen molar-refractivity contribution >= 4 is 27.7 Å². The second-order valence-electron chi connectivity index (χ2n) is 4.50. The number of nitro groups is 1. The van der Waals surface area contributed by atoms with E-state index in [1.165, 1.54) is 12.3 Å². The van der Waals surface area contributed by atoms with Gasteiger partial charge in [0.05, 0.1) is 10.0 Å². The van der Waals surface area contributed by atoms with Crippen LogP contribution in [0.5, 0.6) is 0 Å². The number of carbonyl (C=O) groups excluding carboxylic acids is 1. The highest BCUT2D eigenvalue weighted by atomic mass is 79.9. The van der Waals surface area contributed by atoms with Crippen LogP contribution in [0.25, 0.3) is 0 Å². The molecule has 1 amide bonds. The summed E-state index contributed by atoms with van der Waals surface area (Å²) in [4.78, 5) is 25.9. The minimum Gasteiger partial charge on any atom is -0.358 e. The lowest BCUT2D eigenvalue weighted by molar-refractivity contribution is -0.389. The maximum Gasteiger partial charge on any atom is 0.364 e. The van der Waals surface area contributed by atoms with E-state index in [-0.39, 0.29) is 22.8 Å². The van der Waals surface area contributed by atoms with Crippen molar-refractivity contribution in [3.05, 3.63) is 32.4 Å². The van der Waals surface area contributed by atoms with Crippen molar-refractivity contribution in [2.75, 3.05) is 0 Å². The number of amides is 1. The molecule has 0 bridgehead atoms. The van der Waals surface area contributed by atoms with Gasteiger partial charge in [-0.3, -0.25) is 4.79 Å². The summed E-state index contributed by atoms with van der Waals surface area (Å²) in [6, 6.07) is 1.17. The normalized spacial score (nSPS) is 11.2. The Bertz CT molecular complexity index is 501. The first kappa shape index (κ1) is 15.6. The van der Waals surface area contributed by atoms with E-state index in [9.17, 15) is 14.9 Å². The molecule has 0 aliphatic heterocycles. The SMILES string of the molecule is CCC(C)(CC)NC(=O)c1cc([N+](=O)[O-])ncc1Br. The van der Waals surface area contributed by atoms with Crippen LogP contribution in [-0.2, 0) is 0 Å². The molecule has 0 saturated heterocycles. The Morgan fingerprint density at radius 1 is 1.53 bits per heavy atom. The van der Waals surface area contributed by atoms with E-state index in [2.05, 4.69) is 26.2 Å². The van der Waals surface area contributed by atoms with E-state index in [1.54, 1.807) is 0 Å². The van der Waals surface area contributed by atoms with E-state index in [1.807, 2.05) is 20.8 Å². The van der Waals surface area contributed by atoms with Crippen molar-refractivity contribution in [1.29, 1.82) is 0 Å². The standard InChI is InChI=1S/C12H16BrN3O3/c1-4-12(3,5-2)15-11(17)8-6-10(16(18)19)14-7-9(8)13/h6-7H,4-5H2,1-3H3,(H,15,17). The first-order chi connectivity index (χ1) is 8.83. The Kier molecular flexibility index (Phi) is 4.99. The molecule has 1 rings (SSSR count). The highest BCUT2D eigenvalue weighted by Gasteiger charge is 2.25. The average Bonchev–Trinajstić information content (AvgIpc) is 2.38. The zero-order chi connectivity index (χ0) is 14.6. The lowest BCUT2D eigenvalue weighted by Crippen LogP contribution is -2.45. The van der Waals surface area contributed by atoms with Crippen LogP contribution in [0.15, 0.2) is 16.7 Å². The first-order valence-corrected chi connectivity index (χ1v) is 6.74. The van der Waals surface area contributed by atoms with Gasteiger partial charge in [-0.15, -0.1) is 0 Å². The number of pyridine rings is 1. The Morgan fingerprint density at radius 3 is 2.58 bits per heavy atom. The maximum absolute atomic E-state index is 12.2. The quantitative estimate of drug-likeness (QED) is 0.664. The van der Waals surface area contributed by atoms with Crippen LogP contribution < -0.4 is 5.32 Å². The van der Waals surface area contributed by atoms with Gasteiger partial charge in [0.1, 0.15) is 0 Å². The zero-order valence-corrected chi connectivity index (χ0v) is 12.7. The number of nitrogens with zero attached hydrogens (tertiary/aromatic N) is 2. The molecule has 0 spiro atoms. The third-order valence-corrected chi connectivity index (χ3v) is 3.88. The Balaban J connectivity index is 3.06. The van der Waals surface area contributed by atoms with Crippen LogP contribution in [0, 0.1) is 10.1 Å². The molecule has 0 radical (unpaired) electrons. The molecule has 0 unspecified atom stereocenters. The number of aromatic nitrogens is 1. The van der Waals surface area contributed by atoms with Crippen molar-refractivity contribution in [2.24, 2.45) is 0 Å². The summed E-state index contributed by atoms with van der Waals surface area (Å²) in [5, 5.41) is 13.6. The molecule has 0 aliphatic rings. The average molecular weight is 330 g/mol. The van der Waals surface area contributed by atoms with E-state index in [4.69, 9.17) is 0 Å². The molecule has 7 heteroatoms. The lowest BCUT2D eigenvalue weighted by Gasteiger charge is -2.28. The van der Waals surface area contributed by atoms with E-state index in [0.29, 0.717) is 4.47 Å². The summed E-state index contributed by atoms with van der Waals surface area (Å²) in [7, 11) is 0. The van der Waals surface area contributed by atoms with E-state index in [0.717, 1.165) is 12.8 Å². The fraction of sp³-hybridized carbons (Fsp3) is 0.500.